The van der Waals surface area contributed by atoms with Crippen molar-refractivity contribution >= 4 is 29.1 Å². The normalized spacial score (nSPS) is 11.3. The number of rotatable bonds is 11. The topological polar surface area (TPSA) is 118 Å². The highest BCUT2D eigenvalue weighted by molar-refractivity contribution is 6.04. The minimum Gasteiger partial charge on any atom is -0.497 e. The molecule has 2 N–H and O–H groups in total. The van der Waals surface area contributed by atoms with Crippen LogP contribution in [0, 0.1) is 0 Å². The van der Waals surface area contributed by atoms with Gasteiger partial charge in [-0.2, -0.15) is 0 Å². The number of carbonyl (C=O) groups excluding carboxylic acids is 3. The zero-order valence-corrected chi connectivity index (χ0v) is 24.4. The van der Waals surface area contributed by atoms with Crippen molar-refractivity contribution in [2.75, 3.05) is 24.4 Å². The molecule has 10 heteroatoms. The van der Waals surface area contributed by atoms with Crippen LogP contribution in [0.2, 0.25) is 0 Å². The predicted molar refractivity (Wildman–Crippen MR) is 168 cm³/mol. The van der Waals surface area contributed by atoms with Crippen LogP contribution in [0.3, 0.4) is 0 Å². The maximum atomic E-state index is 13.6. The molecule has 1 unspecified atom stereocenters. The molecule has 1 atom stereocenters. The number of amides is 3. The summed E-state index contributed by atoms with van der Waals surface area (Å²) in [5.74, 6) is -0.191. The number of likely N-dealkylation sites (N-methyl/N-ethyl adjacent to an activating group) is 1. The molecule has 0 aliphatic carbocycles. The van der Waals surface area contributed by atoms with E-state index in [1.54, 1.807) is 87.1 Å². The van der Waals surface area contributed by atoms with E-state index in [9.17, 15) is 14.4 Å². The number of aromatic nitrogens is 3. The molecule has 4 aromatic carbocycles. The van der Waals surface area contributed by atoms with Gasteiger partial charge < -0.3 is 20.3 Å². The van der Waals surface area contributed by atoms with Crippen molar-refractivity contribution in [3.05, 3.63) is 127 Å². The maximum Gasteiger partial charge on any atom is 0.255 e. The largest absolute Gasteiger partial charge is 0.497 e. The summed E-state index contributed by atoms with van der Waals surface area (Å²) in [7, 11) is 3.26. The van der Waals surface area contributed by atoms with Gasteiger partial charge in [0.05, 0.1) is 13.3 Å². The van der Waals surface area contributed by atoms with Gasteiger partial charge in [0, 0.05) is 36.0 Å². The average molecular weight is 589 g/mol. The van der Waals surface area contributed by atoms with Crippen LogP contribution in [0.5, 0.6) is 5.75 Å². The van der Waals surface area contributed by atoms with Gasteiger partial charge in [-0.1, -0.05) is 65.9 Å². The number of anilines is 2. The van der Waals surface area contributed by atoms with Crippen molar-refractivity contribution in [2.24, 2.45) is 0 Å². The lowest BCUT2D eigenvalue weighted by molar-refractivity contribution is -0.127. The van der Waals surface area contributed by atoms with Crippen LogP contribution in [0.25, 0.3) is 11.3 Å². The van der Waals surface area contributed by atoms with E-state index in [1.165, 1.54) is 9.58 Å². The van der Waals surface area contributed by atoms with Gasteiger partial charge in [-0.05, 0) is 54.1 Å². The smallest absolute Gasteiger partial charge is 0.255 e. The van der Waals surface area contributed by atoms with Crippen molar-refractivity contribution in [1.29, 1.82) is 0 Å². The number of carbonyl (C=O) groups is 3. The first-order chi connectivity index (χ1) is 21.4. The molecule has 5 aromatic rings. The number of hydrogen-bond donors (Lipinski definition) is 2. The molecular formula is C34H32N6O4. The number of benzene rings is 4. The Bertz CT molecular complexity index is 1720. The summed E-state index contributed by atoms with van der Waals surface area (Å²) in [6.07, 6.45) is 1.96. The third-order valence-electron chi connectivity index (χ3n) is 7.00. The molecule has 0 saturated carbocycles. The van der Waals surface area contributed by atoms with Gasteiger partial charge in [-0.25, -0.2) is 4.68 Å². The Balaban J connectivity index is 1.26. The Morgan fingerprint density at radius 3 is 2.30 bits per heavy atom. The molecule has 1 heterocycles. The van der Waals surface area contributed by atoms with E-state index in [2.05, 4.69) is 20.9 Å². The van der Waals surface area contributed by atoms with Crippen molar-refractivity contribution in [1.82, 2.24) is 20.3 Å². The summed E-state index contributed by atoms with van der Waals surface area (Å²) >= 11 is 0. The molecule has 0 bridgehead atoms. The van der Waals surface area contributed by atoms with E-state index in [0.717, 1.165) is 11.1 Å². The van der Waals surface area contributed by atoms with Gasteiger partial charge >= 0.3 is 0 Å². The average Bonchev–Trinajstić information content (AvgIpc) is 3.53. The van der Waals surface area contributed by atoms with E-state index in [4.69, 9.17) is 4.74 Å². The summed E-state index contributed by atoms with van der Waals surface area (Å²) in [4.78, 5) is 40.9. The Hall–Kier alpha value is -5.77. The fourth-order valence-corrected chi connectivity index (χ4v) is 4.66. The minimum atomic E-state index is -0.815. The lowest BCUT2D eigenvalue weighted by Gasteiger charge is -2.25. The van der Waals surface area contributed by atoms with Crippen molar-refractivity contribution < 1.29 is 19.1 Å². The Morgan fingerprint density at radius 1 is 0.886 bits per heavy atom. The number of methoxy groups -OCH3 is 1. The van der Waals surface area contributed by atoms with E-state index >= 15 is 0 Å². The Kier molecular flexibility index (Phi) is 9.41. The third kappa shape index (κ3) is 7.54. The highest BCUT2D eigenvalue weighted by Gasteiger charge is 2.26. The highest BCUT2D eigenvalue weighted by Crippen LogP contribution is 2.22. The zero-order valence-electron chi connectivity index (χ0n) is 24.4. The van der Waals surface area contributed by atoms with Crippen molar-refractivity contribution in [3.63, 3.8) is 0 Å². The fraction of sp³-hybridized carbons (Fsp3) is 0.147. The Labute approximate surface area is 255 Å². The van der Waals surface area contributed by atoms with Gasteiger partial charge in [0.2, 0.25) is 11.8 Å². The summed E-state index contributed by atoms with van der Waals surface area (Å²) < 4.78 is 6.64. The number of ether oxygens (including phenoxy) is 1. The maximum absolute atomic E-state index is 13.6. The molecule has 0 aliphatic rings. The van der Waals surface area contributed by atoms with Gasteiger partial charge in [0.25, 0.3) is 5.91 Å². The van der Waals surface area contributed by atoms with Crippen molar-refractivity contribution in [2.45, 2.75) is 19.0 Å². The van der Waals surface area contributed by atoms with Crippen LogP contribution in [0.1, 0.15) is 15.9 Å². The second kappa shape index (κ2) is 13.9. The van der Waals surface area contributed by atoms with Gasteiger partial charge in [-0.15, -0.1) is 5.10 Å². The molecule has 44 heavy (non-hydrogen) atoms. The molecule has 0 spiro atoms. The first kappa shape index (κ1) is 29.7. The van der Waals surface area contributed by atoms with Crippen LogP contribution in [-0.4, -0.2) is 52.9 Å². The number of nitrogens with zero attached hydrogens (tertiary/aromatic N) is 4. The van der Waals surface area contributed by atoms with Crippen LogP contribution < -0.4 is 20.3 Å². The monoisotopic (exact) mass is 588 g/mol. The number of nitrogens with one attached hydrogen (secondary N) is 2. The second-order valence-electron chi connectivity index (χ2n) is 10.1. The van der Waals surface area contributed by atoms with Crippen molar-refractivity contribution in [3.8, 4) is 17.0 Å². The van der Waals surface area contributed by atoms with E-state index < -0.39 is 6.04 Å². The van der Waals surface area contributed by atoms with Gasteiger partial charge in [0.1, 0.15) is 24.0 Å². The lowest BCUT2D eigenvalue weighted by atomic mass is 10.0. The van der Waals surface area contributed by atoms with E-state index in [-0.39, 0.29) is 24.3 Å². The van der Waals surface area contributed by atoms with Crippen LogP contribution in [-0.2, 0) is 22.6 Å². The summed E-state index contributed by atoms with van der Waals surface area (Å²) in [6.45, 7) is -0.137. The quantitative estimate of drug-likeness (QED) is 0.233. The van der Waals surface area contributed by atoms with Gasteiger partial charge in [-0.3, -0.25) is 14.4 Å². The minimum absolute atomic E-state index is 0.137. The van der Waals surface area contributed by atoms with Crippen LogP contribution in [0.15, 0.2) is 115 Å². The van der Waals surface area contributed by atoms with Gasteiger partial charge in [0.15, 0.2) is 0 Å². The summed E-state index contributed by atoms with van der Waals surface area (Å²) in [6, 6.07) is 32.0. The molecule has 1 aromatic heterocycles. The SMILES string of the molecule is COc1ccc(N(C)C(=O)C(Cc2ccccc2)NC(=O)Cn2cc(-c3cccc(NC(=O)c4ccccc4)c3)nn2)cc1. The standard InChI is InChI=1S/C34H32N6O4/c1-39(28-16-18-29(44-2)19-17-28)34(43)30(20-24-10-5-3-6-11-24)36-32(41)23-40-22-31(37-38-40)26-14-9-15-27(21-26)35-33(42)25-12-7-4-8-13-25/h3-19,21-22,30H,20,23H2,1-2H3,(H,35,42)(H,36,41). The first-order valence-corrected chi connectivity index (χ1v) is 14.0. The highest BCUT2D eigenvalue weighted by atomic mass is 16.5. The third-order valence-corrected chi connectivity index (χ3v) is 7.00. The molecular weight excluding hydrogens is 556 g/mol. The van der Waals surface area contributed by atoms with Crippen LogP contribution >= 0.6 is 0 Å². The van der Waals surface area contributed by atoms with E-state index in [1.807, 2.05) is 42.5 Å². The molecule has 222 valence electrons. The number of hydrogen-bond acceptors (Lipinski definition) is 6. The Morgan fingerprint density at radius 2 is 1.59 bits per heavy atom. The summed E-state index contributed by atoms with van der Waals surface area (Å²) in [5.41, 5.74) is 3.99. The first-order valence-electron chi connectivity index (χ1n) is 14.0. The zero-order chi connectivity index (χ0) is 30.9. The van der Waals surface area contributed by atoms with Crippen LogP contribution in [0.4, 0.5) is 11.4 Å². The predicted octanol–water partition coefficient (Wildman–Crippen LogP) is 4.60. The molecule has 10 nitrogen and oxygen atoms in total. The lowest BCUT2D eigenvalue weighted by Crippen LogP contribution is -2.49. The molecule has 0 aliphatic heterocycles. The van der Waals surface area contributed by atoms with E-state index in [0.29, 0.717) is 34.8 Å². The fourth-order valence-electron chi connectivity index (χ4n) is 4.66. The second-order valence-corrected chi connectivity index (χ2v) is 10.1. The molecule has 5 rings (SSSR count). The molecule has 0 radical (unpaired) electrons. The molecule has 3 amide bonds. The molecule has 0 saturated heterocycles. The summed E-state index contributed by atoms with van der Waals surface area (Å²) in [5, 5.41) is 14.1. The molecule has 0 fully saturated rings.